The Hall–Kier alpha value is -2.14. The fourth-order valence-corrected chi connectivity index (χ4v) is 3.66. The Balaban J connectivity index is 0.000000758. The Morgan fingerprint density at radius 2 is 1.60 bits per heavy atom. The van der Waals surface area contributed by atoms with E-state index in [0.29, 0.717) is 0 Å². The SMILES string of the molecule is CCc1nc2ccccc2c2cc3c4ccccc4ccn3c12.CI. The first-order chi connectivity index (χ1) is 12.4. The molecular weight excluding hydrogens is 419 g/mol. The van der Waals surface area contributed by atoms with E-state index < -0.39 is 0 Å². The molecule has 2 aromatic carbocycles. The zero-order valence-corrected chi connectivity index (χ0v) is 16.5. The number of nitrogens with zero attached hydrogens (tertiary/aromatic N) is 2. The normalized spacial score (nSPS) is 11.2. The lowest BCUT2D eigenvalue weighted by atomic mass is 10.1. The van der Waals surface area contributed by atoms with E-state index in [1.54, 1.807) is 0 Å². The number of pyridine rings is 2. The van der Waals surface area contributed by atoms with Crippen LogP contribution < -0.4 is 0 Å². The van der Waals surface area contributed by atoms with Gasteiger partial charge in [0.2, 0.25) is 0 Å². The lowest BCUT2D eigenvalue weighted by molar-refractivity contribution is 1.06. The zero-order valence-electron chi connectivity index (χ0n) is 14.3. The fourth-order valence-electron chi connectivity index (χ4n) is 3.66. The maximum absolute atomic E-state index is 4.90. The number of hydrogen-bond donors (Lipinski definition) is 0. The minimum absolute atomic E-state index is 0.931. The second-order valence-electron chi connectivity index (χ2n) is 5.99. The van der Waals surface area contributed by atoms with Crippen molar-refractivity contribution in [3.63, 3.8) is 0 Å². The largest absolute Gasteiger partial charge is 0.314 e. The van der Waals surface area contributed by atoms with Gasteiger partial charge >= 0.3 is 0 Å². The van der Waals surface area contributed by atoms with Gasteiger partial charge in [-0.1, -0.05) is 72.0 Å². The van der Waals surface area contributed by atoms with E-state index >= 15 is 0 Å². The first kappa shape index (κ1) is 16.3. The van der Waals surface area contributed by atoms with Gasteiger partial charge in [0.05, 0.1) is 22.2 Å². The summed E-state index contributed by atoms with van der Waals surface area (Å²) < 4.78 is 2.30. The number of rotatable bonds is 1. The number of aromatic nitrogens is 2. The highest BCUT2D eigenvalue weighted by atomic mass is 127. The summed E-state index contributed by atoms with van der Waals surface area (Å²) in [5, 5.41) is 5.09. The molecule has 0 aliphatic rings. The molecule has 25 heavy (non-hydrogen) atoms. The van der Waals surface area contributed by atoms with Gasteiger partial charge in [-0.05, 0) is 34.9 Å². The third kappa shape index (κ3) is 2.49. The summed E-state index contributed by atoms with van der Waals surface area (Å²) in [5.74, 6) is 0. The number of halogens is 1. The summed E-state index contributed by atoms with van der Waals surface area (Å²) in [6.07, 6.45) is 3.11. The van der Waals surface area contributed by atoms with Crippen LogP contribution in [0.25, 0.3) is 38.1 Å². The Morgan fingerprint density at radius 3 is 2.40 bits per heavy atom. The van der Waals surface area contributed by atoms with E-state index in [1.165, 1.54) is 32.6 Å². The summed E-state index contributed by atoms with van der Waals surface area (Å²) in [6, 6.07) is 21.5. The maximum Gasteiger partial charge on any atom is 0.0752 e. The highest BCUT2D eigenvalue weighted by Crippen LogP contribution is 2.32. The van der Waals surface area contributed by atoms with Gasteiger partial charge in [-0.25, -0.2) is 0 Å². The molecule has 0 bridgehead atoms. The molecule has 0 spiro atoms. The predicted octanol–water partition coefficient (Wildman–Crippen LogP) is 6.41. The minimum Gasteiger partial charge on any atom is -0.314 e. The van der Waals surface area contributed by atoms with Crippen molar-refractivity contribution in [1.29, 1.82) is 0 Å². The molecule has 0 atom stereocenters. The highest BCUT2D eigenvalue weighted by Gasteiger charge is 2.13. The number of hydrogen-bond acceptors (Lipinski definition) is 1. The molecular formula is C22H19IN2. The Bertz CT molecular complexity index is 1200. The van der Waals surface area contributed by atoms with E-state index in [-0.39, 0.29) is 0 Å². The van der Waals surface area contributed by atoms with Gasteiger partial charge in [0.25, 0.3) is 0 Å². The second-order valence-corrected chi connectivity index (χ2v) is 5.99. The molecule has 0 fully saturated rings. The van der Waals surface area contributed by atoms with Gasteiger partial charge in [-0.3, -0.25) is 4.98 Å². The van der Waals surface area contributed by atoms with Crippen LogP contribution in [-0.2, 0) is 6.42 Å². The molecule has 3 heteroatoms. The monoisotopic (exact) mass is 438 g/mol. The van der Waals surface area contributed by atoms with Crippen molar-refractivity contribution in [3.05, 3.63) is 72.6 Å². The zero-order chi connectivity index (χ0) is 17.4. The maximum atomic E-state index is 4.90. The number of benzene rings is 2. The Kier molecular flexibility index (Phi) is 4.34. The van der Waals surface area contributed by atoms with Gasteiger partial charge in [0.1, 0.15) is 0 Å². The topological polar surface area (TPSA) is 17.3 Å². The quantitative estimate of drug-likeness (QED) is 0.219. The van der Waals surface area contributed by atoms with E-state index in [4.69, 9.17) is 4.98 Å². The first-order valence-electron chi connectivity index (χ1n) is 8.45. The number of para-hydroxylation sites is 1. The van der Waals surface area contributed by atoms with Crippen LogP contribution in [0, 0.1) is 0 Å². The average molecular weight is 438 g/mol. The van der Waals surface area contributed by atoms with Crippen LogP contribution >= 0.6 is 22.6 Å². The first-order valence-corrected chi connectivity index (χ1v) is 10.6. The van der Waals surface area contributed by atoms with Gasteiger partial charge in [-0.15, -0.1) is 0 Å². The number of aryl methyl sites for hydroxylation is 1. The third-order valence-electron chi connectivity index (χ3n) is 4.73. The average Bonchev–Trinajstić information content (AvgIpc) is 3.09. The Labute approximate surface area is 160 Å². The van der Waals surface area contributed by atoms with Crippen molar-refractivity contribution < 1.29 is 0 Å². The molecule has 0 unspecified atom stereocenters. The van der Waals surface area contributed by atoms with Crippen LogP contribution in [-0.4, -0.2) is 14.3 Å². The summed E-state index contributed by atoms with van der Waals surface area (Å²) in [5.41, 5.74) is 4.74. The predicted molar refractivity (Wildman–Crippen MR) is 117 cm³/mol. The minimum atomic E-state index is 0.931. The van der Waals surface area contributed by atoms with Crippen LogP contribution in [0.15, 0.2) is 66.9 Å². The molecule has 0 radical (unpaired) electrons. The lowest BCUT2D eigenvalue weighted by Gasteiger charge is -2.07. The lowest BCUT2D eigenvalue weighted by Crippen LogP contribution is -1.94. The molecule has 0 aliphatic carbocycles. The van der Waals surface area contributed by atoms with Crippen LogP contribution in [0.3, 0.4) is 0 Å². The van der Waals surface area contributed by atoms with Crippen LogP contribution in [0.4, 0.5) is 0 Å². The molecule has 124 valence electrons. The van der Waals surface area contributed by atoms with E-state index in [0.717, 1.165) is 17.6 Å². The molecule has 5 aromatic rings. The summed E-state index contributed by atoms with van der Waals surface area (Å²) in [4.78, 5) is 6.87. The summed E-state index contributed by atoms with van der Waals surface area (Å²) in [7, 11) is 0. The molecule has 0 N–H and O–H groups in total. The number of alkyl halides is 1. The van der Waals surface area contributed by atoms with Crippen molar-refractivity contribution in [2.45, 2.75) is 13.3 Å². The van der Waals surface area contributed by atoms with Crippen molar-refractivity contribution in [2.24, 2.45) is 0 Å². The van der Waals surface area contributed by atoms with Crippen molar-refractivity contribution in [2.75, 3.05) is 4.93 Å². The van der Waals surface area contributed by atoms with Crippen LogP contribution in [0.5, 0.6) is 0 Å². The third-order valence-corrected chi connectivity index (χ3v) is 4.73. The Morgan fingerprint density at radius 1 is 0.880 bits per heavy atom. The number of fused-ring (bicyclic) bond motifs is 7. The molecule has 0 saturated heterocycles. The smallest absolute Gasteiger partial charge is 0.0752 e. The van der Waals surface area contributed by atoms with Crippen molar-refractivity contribution in [3.8, 4) is 0 Å². The van der Waals surface area contributed by atoms with Gasteiger partial charge in [-0.2, -0.15) is 0 Å². The van der Waals surface area contributed by atoms with E-state index in [1.807, 2.05) is 4.93 Å². The molecule has 0 amide bonds. The standard InChI is InChI=1S/C21H16N2.CH3I/c1-2-18-21-17(16-9-5-6-10-19(16)22-18)13-20-15-8-4-3-7-14(15)11-12-23(20)21;1-2/h3-13H,2H2,1H3;1H3. The van der Waals surface area contributed by atoms with E-state index in [2.05, 4.69) is 101 Å². The summed E-state index contributed by atoms with van der Waals surface area (Å²) >= 11 is 2.15. The van der Waals surface area contributed by atoms with Gasteiger partial charge < -0.3 is 4.40 Å². The molecule has 5 rings (SSSR count). The summed E-state index contributed by atoms with van der Waals surface area (Å²) in [6.45, 7) is 2.18. The molecule has 0 aliphatic heterocycles. The van der Waals surface area contributed by atoms with Crippen molar-refractivity contribution >= 4 is 60.7 Å². The molecule has 3 aromatic heterocycles. The van der Waals surface area contributed by atoms with E-state index in [9.17, 15) is 0 Å². The van der Waals surface area contributed by atoms with Crippen LogP contribution in [0.2, 0.25) is 0 Å². The van der Waals surface area contributed by atoms with Crippen molar-refractivity contribution in [1.82, 2.24) is 9.38 Å². The van der Waals surface area contributed by atoms with Gasteiger partial charge in [0, 0.05) is 22.4 Å². The van der Waals surface area contributed by atoms with Crippen LogP contribution in [0.1, 0.15) is 12.6 Å². The molecule has 2 nitrogen and oxygen atoms in total. The van der Waals surface area contributed by atoms with Gasteiger partial charge in [0.15, 0.2) is 0 Å². The highest BCUT2D eigenvalue weighted by molar-refractivity contribution is 14.1. The molecule has 3 heterocycles. The fraction of sp³-hybridized carbons (Fsp3) is 0.136. The molecule has 0 saturated carbocycles. The second kappa shape index (κ2) is 6.64.